The van der Waals surface area contributed by atoms with Crippen LogP contribution in [-0.4, -0.2) is 29.4 Å². The summed E-state index contributed by atoms with van der Waals surface area (Å²) >= 11 is 0. The molecule has 6 heteroatoms. The van der Waals surface area contributed by atoms with Gasteiger partial charge in [0.15, 0.2) is 11.5 Å². The monoisotopic (exact) mass is 362 g/mol. The van der Waals surface area contributed by atoms with E-state index in [1.807, 2.05) is 30.3 Å². The van der Waals surface area contributed by atoms with Crippen LogP contribution in [0.25, 0.3) is 11.1 Å². The van der Waals surface area contributed by atoms with Crippen molar-refractivity contribution in [2.75, 3.05) is 7.11 Å². The summed E-state index contributed by atoms with van der Waals surface area (Å²) in [6.45, 7) is 0. The molecule has 0 atom stereocenters. The Morgan fingerprint density at radius 3 is 2.41 bits per heavy atom. The lowest BCUT2D eigenvalue weighted by Gasteiger charge is -2.11. The fourth-order valence-electron chi connectivity index (χ4n) is 2.63. The first-order valence-corrected chi connectivity index (χ1v) is 8.18. The summed E-state index contributed by atoms with van der Waals surface area (Å²) < 4.78 is 5.16. The number of carbonyl (C=O) groups excluding carboxylic acids is 1. The van der Waals surface area contributed by atoms with Crippen LogP contribution in [0.4, 0.5) is 0 Å². The van der Waals surface area contributed by atoms with Gasteiger partial charge >= 0.3 is 0 Å². The molecule has 0 aliphatic carbocycles. The van der Waals surface area contributed by atoms with Gasteiger partial charge in [-0.25, -0.2) is 5.43 Å². The van der Waals surface area contributed by atoms with Crippen LogP contribution >= 0.6 is 0 Å². The van der Waals surface area contributed by atoms with E-state index in [4.69, 9.17) is 4.74 Å². The molecule has 0 radical (unpaired) electrons. The number of rotatable bonds is 5. The number of hydrogen-bond donors (Lipinski definition) is 3. The molecule has 6 nitrogen and oxygen atoms in total. The summed E-state index contributed by atoms with van der Waals surface area (Å²) in [5.74, 6) is -0.491. The minimum Gasteiger partial charge on any atom is -0.507 e. The molecule has 1 amide bonds. The maximum absolute atomic E-state index is 12.1. The van der Waals surface area contributed by atoms with Gasteiger partial charge in [0.1, 0.15) is 5.75 Å². The van der Waals surface area contributed by atoms with Gasteiger partial charge in [-0.2, -0.15) is 5.10 Å². The number of amides is 1. The summed E-state index contributed by atoms with van der Waals surface area (Å²) in [5.41, 5.74) is 4.47. The summed E-state index contributed by atoms with van der Waals surface area (Å²) in [5, 5.41) is 24.2. The highest BCUT2D eigenvalue weighted by Gasteiger charge is 2.14. The number of aromatic hydroxyl groups is 2. The molecule has 3 aromatic rings. The molecule has 0 saturated heterocycles. The minimum atomic E-state index is -0.562. The maximum atomic E-state index is 12.1. The van der Waals surface area contributed by atoms with Crippen LogP contribution in [0.3, 0.4) is 0 Å². The molecule has 0 heterocycles. The van der Waals surface area contributed by atoms with E-state index >= 15 is 0 Å². The average molecular weight is 362 g/mol. The van der Waals surface area contributed by atoms with Gasteiger partial charge in [-0.1, -0.05) is 42.5 Å². The summed E-state index contributed by atoms with van der Waals surface area (Å²) in [6.07, 6.45) is 1.35. The Morgan fingerprint density at radius 1 is 1.00 bits per heavy atom. The van der Waals surface area contributed by atoms with E-state index < -0.39 is 5.91 Å². The Kier molecular flexibility index (Phi) is 5.37. The van der Waals surface area contributed by atoms with Crippen LogP contribution in [-0.2, 0) is 0 Å². The molecule has 0 aromatic heterocycles. The highest BCUT2D eigenvalue weighted by atomic mass is 16.5. The molecule has 3 aromatic carbocycles. The number of hydrogen-bond acceptors (Lipinski definition) is 5. The quantitative estimate of drug-likeness (QED) is 0.478. The molecule has 3 rings (SSSR count). The Morgan fingerprint density at radius 2 is 1.70 bits per heavy atom. The van der Waals surface area contributed by atoms with Gasteiger partial charge in [-0.3, -0.25) is 4.79 Å². The third-order valence-corrected chi connectivity index (χ3v) is 3.99. The van der Waals surface area contributed by atoms with Crippen molar-refractivity contribution in [3.8, 4) is 28.4 Å². The highest BCUT2D eigenvalue weighted by Crippen LogP contribution is 2.36. The molecular weight excluding hydrogens is 344 g/mol. The molecule has 0 aliphatic heterocycles. The number of hydrazone groups is 1. The zero-order valence-corrected chi connectivity index (χ0v) is 14.6. The molecule has 27 heavy (non-hydrogen) atoms. The molecule has 0 fully saturated rings. The Balaban J connectivity index is 1.92. The maximum Gasteiger partial charge on any atom is 0.275 e. The topological polar surface area (TPSA) is 91.2 Å². The summed E-state index contributed by atoms with van der Waals surface area (Å²) in [6, 6.07) is 19.1. The Hall–Kier alpha value is -3.80. The van der Waals surface area contributed by atoms with Gasteiger partial charge in [-0.15, -0.1) is 0 Å². The predicted molar refractivity (Wildman–Crippen MR) is 103 cm³/mol. The zero-order chi connectivity index (χ0) is 19.2. The van der Waals surface area contributed by atoms with Gasteiger partial charge in [0.25, 0.3) is 5.91 Å². The largest absolute Gasteiger partial charge is 0.507 e. The molecular formula is C21H18N2O4. The number of methoxy groups -OCH3 is 1. The third kappa shape index (κ3) is 3.90. The van der Waals surface area contributed by atoms with E-state index in [1.165, 1.54) is 25.5 Å². The number of nitrogens with one attached hydrogen (secondary N) is 1. The third-order valence-electron chi connectivity index (χ3n) is 3.99. The second-order valence-electron chi connectivity index (χ2n) is 5.66. The SMILES string of the molecule is COc1ccc(-c2ccccc2)c(C=NNC(=O)c2ccccc2O)c1O. The summed E-state index contributed by atoms with van der Waals surface area (Å²) in [4.78, 5) is 12.1. The Labute approximate surface area is 156 Å². The molecule has 0 unspecified atom stereocenters. The lowest BCUT2D eigenvalue weighted by molar-refractivity contribution is 0.0952. The molecule has 3 N–H and O–H groups in total. The number of phenols is 2. The van der Waals surface area contributed by atoms with Crippen LogP contribution < -0.4 is 10.2 Å². The van der Waals surface area contributed by atoms with Crippen molar-refractivity contribution in [3.63, 3.8) is 0 Å². The fraction of sp³-hybridized carbons (Fsp3) is 0.0476. The first-order valence-electron chi connectivity index (χ1n) is 8.18. The van der Waals surface area contributed by atoms with Gasteiger partial charge < -0.3 is 14.9 Å². The van der Waals surface area contributed by atoms with E-state index in [2.05, 4.69) is 10.5 Å². The number of carbonyl (C=O) groups is 1. The standard InChI is InChI=1S/C21H18N2O4/c1-27-19-12-11-15(14-7-3-2-4-8-14)17(20(19)25)13-22-23-21(26)16-9-5-6-10-18(16)24/h2-13,24-25H,1H3,(H,23,26). The van der Waals surface area contributed by atoms with Gasteiger partial charge in [0.05, 0.1) is 18.9 Å². The number of benzene rings is 3. The molecule has 0 saturated carbocycles. The van der Waals surface area contributed by atoms with Crippen molar-refractivity contribution < 1.29 is 19.7 Å². The lowest BCUT2D eigenvalue weighted by Crippen LogP contribution is -2.17. The smallest absolute Gasteiger partial charge is 0.275 e. The fourth-order valence-corrected chi connectivity index (χ4v) is 2.63. The van der Waals surface area contributed by atoms with Crippen molar-refractivity contribution >= 4 is 12.1 Å². The van der Waals surface area contributed by atoms with Crippen LogP contribution in [0, 0.1) is 0 Å². The number of phenolic OH excluding ortho intramolecular Hbond substituents is 2. The Bertz CT molecular complexity index is 985. The molecule has 136 valence electrons. The zero-order valence-electron chi connectivity index (χ0n) is 14.6. The highest BCUT2D eigenvalue weighted by molar-refractivity contribution is 5.99. The van der Waals surface area contributed by atoms with Crippen molar-refractivity contribution in [2.24, 2.45) is 5.10 Å². The predicted octanol–water partition coefficient (Wildman–Crippen LogP) is 3.54. The molecule has 0 spiro atoms. The second kappa shape index (κ2) is 8.05. The van der Waals surface area contributed by atoms with Crippen LogP contribution in [0.15, 0.2) is 71.8 Å². The summed E-state index contributed by atoms with van der Waals surface area (Å²) in [7, 11) is 1.46. The number of nitrogens with zero attached hydrogens (tertiary/aromatic N) is 1. The van der Waals surface area contributed by atoms with E-state index in [9.17, 15) is 15.0 Å². The van der Waals surface area contributed by atoms with Gasteiger partial charge in [0, 0.05) is 5.56 Å². The van der Waals surface area contributed by atoms with E-state index in [1.54, 1.807) is 24.3 Å². The van der Waals surface area contributed by atoms with Crippen molar-refractivity contribution in [1.82, 2.24) is 5.43 Å². The second-order valence-corrected chi connectivity index (χ2v) is 5.66. The lowest BCUT2D eigenvalue weighted by atomic mass is 9.99. The van der Waals surface area contributed by atoms with E-state index in [-0.39, 0.29) is 17.1 Å². The van der Waals surface area contributed by atoms with Crippen LogP contribution in [0.5, 0.6) is 17.2 Å². The first-order chi connectivity index (χ1) is 13.1. The minimum absolute atomic E-state index is 0.0839. The van der Waals surface area contributed by atoms with Gasteiger partial charge in [0.2, 0.25) is 0 Å². The van der Waals surface area contributed by atoms with Gasteiger partial charge in [-0.05, 0) is 35.4 Å². The van der Waals surface area contributed by atoms with Crippen molar-refractivity contribution in [3.05, 3.63) is 77.9 Å². The number of ether oxygens (including phenoxy) is 1. The molecule has 0 bridgehead atoms. The normalized spacial score (nSPS) is 10.7. The average Bonchev–Trinajstić information content (AvgIpc) is 2.70. The van der Waals surface area contributed by atoms with Crippen molar-refractivity contribution in [1.29, 1.82) is 0 Å². The number of para-hydroxylation sites is 1. The van der Waals surface area contributed by atoms with Crippen molar-refractivity contribution in [2.45, 2.75) is 0 Å². The van der Waals surface area contributed by atoms with Crippen LogP contribution in [0.2, 0.25) is 0 Å². The van der Waals surface area contributed by atoms with E-state index in [0.717, 1.165) is 11.1 Å². The molecule has 0 aliphatic rings. The van der Waals surface area contributed by atoms with Crippen LogP contribution in [0.1, 0.15) is 15.9 Å². The first kappa shape index (κ1) is 18.0. The van der Waals surface area contributed by atoms with E-state index in [0.29, 0.717) is 11.3 Å².